The first-order chi connectivity index (χ1) is 10.1. The third kappa shape index (κ3) is 3.00. The Labute approximate surface area is 125 Å². The second kappa shape index (κ2) is 6.64. The van der Waals surface area contributed by atoms with Gasteiger partial charge >= 0.3 is 0 Å². The van der Waals surface area contributed by atoms with Crippen molar-refractivity contribution in [3.63, 3.8) is 0 Å². The van der Waals surface area contributed by atoms with Gasteiger partial charge in [-0.05, 0) is 25.0 Å². The Bertz CT molecular complexity index is 587. The van der Waals surface area contributed by atoms with Crippen LogP contribution >= 0.6 is 0 Å². The number of hydrogen-bond donors (Lipinski definition) is 1. The number of piperidine rings is 1. The molecule has 0 bridgehead atoms. The zero-order valence-corrected chi connectivity index (χ0v) is 13.1. The quantitative estimate of drug-likeness (QED) is 0.885. The molecular weight excluding hydrogens is 294 g/mol. The lowest BCUT2D eigenvalue weighted by Gasteiger charge is -2.33. The van der Waals surface area contributed by atoms with Gasteiger partial charge in [0.2, 0.25) is 10.0 Å². The maximum atomic E-state index is 12.9. The summed E-state index contributed by atoms with van der Waals surface area (Å²) in [5.74, 6) is 0.568. The Morgan fingerprint density at radius 1 is 1.29 bits per heavy atom. The first-order valence-corrected chi connectivity index (χ1v) is 8.34. The lowest BCUT2D eigenvalue weighted by molar-refractivity contribution is 0.155. The second-order valence-corrected chi connectivity index (χ2v) is 6.80. The first-order valence-electron chi connectivity index (χ1n) is 6.90. The summed E-state index contributed by atoms with van der Waals surface area (Å²) < 4.78 is 37.5. The van der Waals surface area contributed by atoms with Crippen molar-refractivity contribution in [1.82, 2.24) is 4.31 Å². The third-order valence-corrected chi connectivity index (χ3v) is 5.71. The summed E-state index contributed by atoms with van der Waals surface area (Å²) in [6.07, 6.45) is 2.39. The van der Waals surface area contributed by atoms with Gasteiger partial charge in [-0.2, -0.15) is 4.31 Å². The smallest absolute Gasteiger partial charge is 0.247 e. The van der Waals surface area contributed by atoms with E-state index in [0.717, 1.165) is 12.8 Å². The molecule has 1 aliphatic heterocycles. The van der Waals surface area contributed by atoms with Gasteiger partial charge in [-0.3, -0.25) is 0 Å². The molecule has 1 aliphatic rings. The lowest BCUT2D eigenvalue weighted by atomic mass is 10.1. The summed E-state index contributed by atoms with van der Waals surface area (Å²) >= 11 is 0. The fourth-order valence-electron chi connectivity index (χ4n) is 2.66. The molecule has 1 heterocycles. The standard InChI is InChI=1S/C14H21NO5S/c1-19-12-7-5-8-13(14(12)20-2)21(17,18)15-9-4-3-6-11(15)10-16/h5,7-8,11,16H,3-4,6,9-10H2,1-2H3. The fraction of sp³-hybridized carbons (Fsp3) is 0.571. The predicted molar refractivity (Wildman–Crippen MR) is 78.2 cm³/mol. The Balaban J connectivity index is 2.48. The Kier molecular flexibility index (Phi) is 5.08. The van der Waals surface area contributed by atoms with Crippen molar-refractivity contribution >= 4 is 10.0 Å². The number of benzene rings is 1. The van der Waals surface area contributed by atoms with Crippen molar-refractivity contribution < 1.29 is 23.0 Å². The molecule has 1 unspecified atom stereocenters. The highest BCUT2D eigenvalue weighted by Crippen LogP contribution is 2.37. The van der Waals surface area contributed by atoms with Crippen molar-refractivity contribution in [2.45, 2.75) is 30.2 Å². The molecule has 1 N–H and O–H groups in total. The van der Waals surface area contributed by atoms with Gasteiger partial charge in [0.25, 0.3) is 0 Å². The Morgan fingerprint density at radius 2 is 2.05 bits per heavy atom. The molecule has 0 spiro atoms. The van der Waals surface area contributed by atoms with Gasteiger partial charge in [-0.25, -0.2) is 8.42 Å². The van der Waals surface area contributed by atoms with E-state index >= 15 is 0 Å². The van der Waals surface area contributed by atoms with Gasteiger partial charge in [0.05, 0.1) is 20.8 Å². The molecule has 118 valence electrons. The molecule has 0 radical (unpaired) electrons. The van der Waals surface area contributed by atoms with Crippen LogP contribution in [0.2, 0.25) is 0 Å². The summed E-state index contributed by atoms with van der Waals surface area (Å²) in [6.45, 7) is 0.236. The highest BCUT2D eigenvalue weighted by molar-refractivity contribution is 7.89. The monoisotopic (exact) mass is 315 g/mol. The van der Waals surface area contributed by atoms with Gasteiger partial charge in [-0.15, -0.1) is 0 Å². The molecule has 0 amide bonds. The van der Waals surface area contributed by atoms with Crippen molar-refractivity contribution in [3.05, 3.63) is 18.2 Å². The van der Waals surface area contributed by atoms with Crippen LogP contribution in [-0.4, -0.2) is 51.2 Å². The lowest BCUT2D eigenvalue weighted by Crippen LogP contribution is -2.45. The average Bonchev–Trinajstić information content (AvgIpc) is 2.53. The van der Waals surface area contributed by atoms with Crippen LogP contribution in [0.1, 0.15) is 19.3 Å². The van der Waals surface area contributed by atoms with E-state index in [2.05, 4.69) is 0 Å². The molecule has 0 aliphatic carbocycles. The Hall–Kier alpha value is -1.31. The largest absolute Gasteiger partial charge is 0.493 e. The summed E-state index contributed by atoms with van der Waals surface area (Å²) in [5.41, 5.74) is 0. The number of rotatable bonds is 5. The van der Waals surface area contributed by atoms with Crippen molar-refractivity contribution in [2.75, 3.05) is 27.4 Å². The van der Waals surface area contributed by atoms with E-state index in [1.54, 1.807) is 12.1 Å². The minimum Gasteiger partial charge on any atom is -0.493 e. The topological polar surface area (TPSA) is 76.1 Å². The number of aliphatic hydroxyl groups excluding tert-OH is 1. The SMILES string of the molecule is COc1cccc(S(=O)(=O)N2CCCCC2CO)c1OC. The number of sulfonamides is 1. The predicted octanol–water partition coefficient (Wildman–Crippen LogP) is 1.24. The molecule has 1 aromatic rings. The summed E-state index contributed by atoms with van der Waals surface area (Å²) in [5, 5.41) is 9.44. The molecule has 6 nitrogen and oxygen atoms in total. The van der Waals surface area contributed by atoms with E-state index in [4.69, 9.17) is 9.47 Å². The number of hydrogen-bond acceptors (Lipinski definition) is 5. The molecule has 2 rings (SSSR count). The normalized spacial score (nSPS) is 20.2. The van der Waals surface area contributed by atoms with E-state index in [1.165, 1.54) is 24.6 Å². The van der Waals surface area contributed by atoms with Gasteiger partial charge in [0.1, 0.15) is 4.90 Å². The molecule has 0 saturated carbocycles. The van der Waals surface area contributed by atoms with E-state index in [9.17, 15) is 13.5 Å². The van der Waals surface area contributed by atoms with Crippen LogP contribution in [0, 0.1) is 0 Å². The van der Waals surface area contributed by atoms with Crippen molar-refractivity contribution in [1.29, 1.82) is 0 Å². The zero-order chi connectivity index (χ0) is 15.5. The summed E-state index contributed by atoms with van der Waals surface area (Å²) in [6, 6.07) is 4.39. The fourth-order valence-corrected chi connectivity index (χ4v) is 4.52. The second-order valence-electron chi connectivity index (χ2n) is 4.94. The number of ether oxygens (including phenoxy) is 2. The number of methoxy groups -OCH3 is 2. The van der Waals surface area contributed by atoms with Crippen LogP contribution < -0.4 is 9.47 Å². The minimum atomic E-state index is -3.73. The Morgan fingerprint density at radius 3 is 2.67 bits per heavy atom. The first kappa shape index (κ1) is 16.1. The van der Waals surface area contributed by atoms with Crippen molar-refractivity contribution in [2.24, 2.45) is 0 Å². The molecule has 1 atom stereocenters. The molecule has 0 aromatic heterocycles. The van der Waals surface area contributed by atoms with Crippen LogP contribution in [0.3, 0.4) is 0 Å². The highest BCUT2D eigenvalue weighted by Gasteiger charge is 2.35. The van der Waals surface area contributed by atoms with Crippen LogP contribution in [0.4, 0.5) is 0 Å². The minimum absolute atomic E-state index is 0.0738. The van der Waals surface area contributed by atoms with E-state index in [0.29, 0.717) is 18.7 Å². The maximum Gasteiger partial charge on any atom is 0.247 e. The highest BCUT2D eigenvalue weighted by atomic mass is 32.2. The van der Waals surface area contributed by atoms with Gasteiger partial charge in [-0.1, -0.05) is 12.5 Å². The van der Waals surface area contributed by atoms with Crippen LogP contribution in [0.25, 0.3) is 0 Å². The van der Waals surface area contributed by atoms with Crippen LogP contribution in [0.5, 0.6) is 11.5 Å². The van der Waals surface area contributed by atoms with Crippen LogP contribution in [0.15, 0.2) is 23.1 Å². The van der Waals surface area contributed by atoms with E-state index in [-0.39, 0.29) is 23.3 Å². The number of aliphatic hydroxyl groups is 1. The molecule has 1 aromatic carbocycles. The maximum absolute atomic E-state index is 12.9. The zero-order valence-electron chi connectivity index (χ0n) is 12.3. The van der Waals surface area contributed by atoms with Crippen molar-refractivity contribution in [3.8, 4) is 11.5 Å². The van der Waals surface area contributed by atoms with Crippen LogP contribution in [-0.2, 0) is 10.0 Å². The molecular formula is C14H21NO5S. The van der Waals surface area contributed by atoms with Gasteiger partial charge in [0, 0.05) is 12.6 Å². The molecule has 7 heteroatoms. The van der Waals surface area contributed by atoms with Gasteiger partial charge < -0.3 is 14.6 Å². The molecule has 21 heavy (non-hydrogen) atoms. The molecule has 1 fully saturated rings. The summed E-state index contributed by atoms with van der Waals surface area (Å²) in [7, 11) is -0.853. The van der Waals surface area contributed by atoms with E-state index < -0.39 is 10.0 Å². The summed E-state index contributed by atoms with van der Waals surface area (Å²) in [4.78, 5) is 0.0738. The third-order valence-electron chi connectivity index (χ3n) is 3.74. The average molecular weight is 315 g/mol. The molecule has 1 saturated heterocycles. The number of nitrogens with zero attached hydrogens (tertiary/aromatic N) is 1. The van der Waals surface area contributed by atoms with E-state index in [1.807, 2.05) is 0 Å². The van der Waals surface area contributed by atoms with Gasteiger partial charge in [0.15, 0.2) is 11.5 Å². The number of para-hydroxylation sites is 1.